The van der Waals surface area contributed by atoms with E-state index in [9.17, 15) is 0 Å². The Morgan fingerprint density at radius 3 is 2.38 bits per heavy atom. The molecule has 5 heteroatoms. The molecule has 0 aliphatic heterocycles. The number of hydrogen-bond acceptors (Lipinski definition) is 2. The molecule has 1 atom stereocenters. The van der Waals surface area contributed by atoms with E-state index < -0.39 is 0 Å². The van der Waals surface area contributed by atoms with E-state index in [-0.39, 0.29) is 6.04 Å². The molecule has 0 fully saturated rings. The minimum absolute atomic E-state index is 0.283. The zero-order valence-corrected chi connectivity index (χ0v) is 15.8. The summed E-state index contributed by atoms with van der Waals surface area (Å²) >= 11 is 7.15. The summed E-state index contributed by atoms with van der Waals surface area (Å²) in [5, 5.41) is 8.12. The Bertz CT molecular complexity index is 587. The highest BCUT2D eigenvalue weighted by Crippen LogP contribution is 2.26. The van der Waals surface area contributed by atoms with Crippen molar-refractivity contribution in [2.75, 3.05) is 6.54 Å². The molecule has 3 nitrogen and oxygen atoms in total. The van der Waals surface area contributed by atoms with E-state index in [1.807, 2.05) is 6.92 Å². The van der Waals surface area contributed by atoms with E-state index >= 15 is 0 Å². The van der Waals surface area contributed by atoms with Crippen LogP contribution in [0.1, 0.15) is 36.8 Å². The van der Waals surface area contributed by atoms with Crippen molar-refractivity contribution >= 4 is 31.9 Å². The highest BCUT2D eigenvalue weighted by Gasteiger charge is 2.15. The van der Waals surface area contributed by atoms with E-state index in [0.29, 0.717) is 0 Å². The Hall–Kier alpha value is -0.650. The Kier molecular flexibility index (Phi) is 6.02. The van der Waals surface area contributed by atoms with Gasteiger partial charge in [0.15, 0.2) is 0 Å². The lowest BCUT2D eigenvalue weighted by Crippen LogP contribution is -2.24. The zero-order chi connectivity index (χ0) is 15.4. The van der Waals surface area contributed by atoms with Crippen molar-refractivity contribution in [3.8, 4) is 0 Å². The molecule has 1 aromatic carbocycles. The Labute approximate surface area is 143 Å². The number of rotatable bonds is 6. The predicted octanol–water partition coefficient (Wildman–Crippen LogP) is 4.63. The van der Waals surface area contributed by atoms with Crippen LogP contribution in [0.5, 0.6) is 0 Å². The first-order valence-electron chi connectivity index (χ1n) is 7.26. The summed E-state index contributed by atoms with van der Waals surface area (Å²) < 4.78 is 4.28. The normalized spacial score (nSPS) is 12.6. The number of aromatic nitrogens is 2. The number of nitrogens with one attached hydrogen (secondary N) is 1. The monoisotopic (exact) mass is 413 g/mol. The highest BCUT2D eigenvalue weighted by atomic mass is 79.9. The van der Waals surface area contributed by atoms with Crippen LogP contribution in [-0.4, -0.2) is 16.3 Å². The van der Waals surface area contributed by atoms with Gasteiger partial charge in [-0.2, -0.15) is 5.10 Å². The molecule has 0 aliphatic carbocycles. The molecule has 0 bridgehead atoms. The van der Waals surface area contributed by atoms with Gasteiger partial charge < -0.3 is 5.32 Å². The standard InChI is InChI=1S/C16H21Br2N3/c1-4-19-16(12-7-13(17)9-14(18)8-12)10-15-6-11(3)20-21(15)5-2/h6-9,16,19H,4-5,10H2,1-3H3. The van der Waals surface area contributed by atoms with Crippen molar-refractivity contribution in [2.24, 2.45) is 0 Å². The van der Waals surface area contributed by atoms with Gasteiger partial charge in [0.25, 0.3) is 0 Å². The van der Waals surface area contributed by atoms with Gasteiger partial charge in [0, 0.05) is 33.6 Å². The lowest BCUT2D eigenvalue weighted by Gasteiger charge is -2.19. The Morgan fingerprint density at radius 2 is 1.81 bits per heavy atom. The van der Waals surface area contributed by atoms with Gasteiger partial charge in [0.05, 0.1) is 5.69 Å². The highest BCUT2D eigenvalue weighted by molar-refractivity contribution is 9.11. The Balaban J connectivity index is 2.30. The summed E-state index contributed by atoms with van der Waals surface area (Å²) in [6.45, 7) is 8.17. The molecule has 0 saturated carbocycles. The van der Waals surface area contributed by atoms with Gasteiger partial charge in [-0.15, -0.1) is 0 Å². The van der Waals surface area contributed by atoms with Crippen molar-refractivity contribution in [2.45, 2.75) is 39.8 Å². The van der Waals surface area contributed by atoms with Crippen LogP contribution < -0.4 is 5.32 Å². The van der Waals surface area contributed by atoms with Crippen LogP contribution in [0.25, 0.3) is 0 Å². The molecular formula is C16H21Br2N3. The minimum atomic E-state index is 0.283. The van der Waals surface area contributed by atoms with Crippen LogP contribution >= 0.6 is 31.9 Å². The van der Waals surface area contributed by atoms with E-state index in [0.717, 1.165) is 34.1 Å². The van der Waals surface area contributed by atoms with Crippen LogP contribution in [-0.2, 0) is 13.0 Å². The molecule has 21 heavy (non-hydrogen) atoms. The molecule has 1 heterocycles. The maximum absolute atomic E-state index is 4.54. The van der Waals surface area contributed by atoms with E-state index in [1.54, 1.807) is 0 Å². The Morgan fingerprint density at radius 1 is 1.14 bits per heavy atom. The average Bonchev–Trinajstić information content (AvgIpc) is 2.77. The van der Waals surface area contributed by atoms with Crippen molar-refractivity contribution in [3.05, 3.63) is 50.2 Å². The third-order valence-corrected chi connectivity index (χ3v) is 4.35. The third-order valence-electron chi connectivity index (χ3n) is 3.44. The largest absolute Gasteiger partial charge is 0.310 e. The SMILES string of the molecule is CCNC(Cc1cc(C)nn1CC)c1cc(Br)cc(Br)c1. The maximum atomic E-state index is 4.54. The van der Waals surface area contributed by atoms with Gasteiger partial charge in [-0.3, -0.25) is 4.68 Å². The lowest BCUT2D eigenvalue weighted by atomic mass is 10.0. The van der Waals surface area contributed by atoms with Crippen molar-refractivity contribution in [1.82, 2.24) is 15.1 Å². The van der Waals surface area contributed by atoms with Crippen LogP contribution in [0, 0.1) is 6.92 Å². The maximum Gasteiger partial charge on any atom is 0.0596 e. The topological polar surface area (TPSA) is 29.9 Å². The van der Waals surface area contributed by atoms with E-state index in [4.69, 9.17) is 0 Å². The van der Waals surface area contributed by atoms with Crippen LogP contribution in [0.15, 0.2) is 33.2 Å². The second-order valence-electron chi connectivity index (χ2n) is 5.11. The fourth-order valence-corrected chi connectivity index (χ4v) is 3.91. The summed E-state index contributed by atoms with van der Waals surface area (Å²) in [7, 11) is 0. The van der Waals surface area contributed by atoms with Gasteiger partial charge >= 0.3 is 0 Å². The van der Waals surface area contributed by atoms with Gasteiger partial charge in [-0.05, 0) is 50.2 Å². The number of nitrogens with zero attached hydrogens (tertiary/aromatic N) is 2. The van der Waals surface area contributed by atoms with Crippen LogP contribution in [0.4, 0.5) is 0 Å². The molecule has 0 aliphatic rings. The first-order chi connectivity index (χ1) is 10.0. The minimum Gasteiger partial charge on any atom is -0.310 e. The number of aryl methyl sites for hydroxylation is 2. The first-order valence-corrected chi connectivity index (χ1v) is 8.84. The molecule has 0 spiro atoms. The number of halogens is 2. The fraction of sp³-hybridized carbons (Fsp3) is 0.438. The molecule has 2 rings (SSSR count). The van der Waals surface area contributed by atoms with Crippen molar-refractivity contribution in [3.63, 3.8) is 0 Å². The van der Waals surface area contributed by atoms with Crippen LogP contribution in [0.2, 0.25) is 0 Å². The number of likely N-dealkylation sites (N-methyl/N-ethyl adjacent to an activating group) is 1. The first kappa shape index (κ1) is 16.7. The second kappa shape index (κ2) is 7.56. The molecule has 114 valence electrons. The number of benzene rings is 1. The molecule has 2 aromatic rings. The fourth-order valence-electron chi connectivity index (χ4n) is 2.58. The third kappa shape index (κ3) is 4.41. The van der Waals surface area contributed by atoms with Crippen molar-refractivity contribution in [1.29, 1.82) is 0 Å². The van der Waals surface area contributed by atoms with Crippen LogP contribution in [0.3, 0.4) is 0 Å². The molecular weight excluding hydrogens is 394 g/mol. The quantitative estimate of drug-likeness (QED) is 0.746. The van der Waals surface area contributed by atoms with E-state index in [1.165, 1.54) is 11.3 Å². The van der Waals surface area contributed by atoms with Crippen molar-refractivity contribution < 1.29 is 0 Å². The molecule has 1 aromatic heterocycles. The summed E-state index contributed by atoms with van der Waals surface area (Å²) in [5.74, 6) is 0. The molecule has 0 radical (unpaired) electrons. The van der Waals surface area contributed by atoms with E-state index in [2.05, 4.69) is 85.1 Å². The predicted molar refractivity (Wildman–Crippen MR) is 94.6 cm³/mol. The second-order valence-corrected chi connectivity index (χ2v) is 6.94. The molecule has 0 amide bonds. The molecule has 0 saturated heterocycles. The van der Waals surface area contributed by atoms with Gasteiger partial charge in [-0.25, -0.2) is 0 Å². The average molecular weight is 415 g/mol. The summed E-state index contributed by atoms with van der Waals surface area (Å²) in [6, 6.07) is 8.88. The molecule has 1 unspecified atom stereocenters. The molecule has 1 N–H and O–H groups in total. The number of hydrogen-bond donors (Lipinski definition) is 1. The summed E-state index contributed by atoms with van der Waals surface area (Å²) in [4.78, 5) is 0. The smallest absolute Gasteiger partial charge is 0.0596 e. The van der Waals surface area contributed by atoms with Gasteiger partial charge in [0.2, 0.25) is 0 Å². The lowest BCUT2D eigenvalue weighted by molar-refractivity contribution is 0.516. The van der Waals surface area contributed by atoms with Gasteiger partial charge in [0.1, 0.15) is 0 Å². The zero-order valence-electron chi connectivity index (χ0n) is 12.7. The van der Waals surface area contributed by atoms with Gasteiger partial charge in [-0.1, -0.05) is 38.8 Å². The summed E-state index contributed by atoms with van der Waals surface area (Å²) in [6.07, 6.45) is 0.936. The summed E-state index contributed by atoms with van der Waals surface area (Å²) in [5.41, 5.74) is 3.63.